The molecule has 2 rings (SSSR count). The van der Waals surface area contributed by atoms with Gasteiger partial charge in [-0.3, -0.25) is 9.79 Å². The molecule has 1 saturated heterocycles. The molecule has 1 atom stereocenters. The summed E-state index contributed by atoms with van der Waals surface area (Å²) in [5, 5.41) is 0.964. The van der Waals surface area contributed by atoms with Crippen LogP contribution in [0.25, 0.3) is 0 Å². The summed E-state index contributed by atoms with van der Waals surface area (Å²) in [6.07, 6.45) is 0. The van der Waals surface area contributed by atoms with Crippen molar-refractivity contribution in [3.8, 4) is 0 Å². The van der Waals surface area contributed by atoms with Gasteiger partial charge < -0.3 is 4.74 Å². The molecule has 1 unspecified atom stereocenters. The van der Waals surface area contributed by atoms with Crippen LogP contribution in [0.5, 0.6) is 0 Å². The van der Waals surface area contributed by atoms with E-state index in [-0.39, 0.29) is 11.9 Å². The lowest BCUT2D eigenvalue weighted by molar-refractivity contribution is -0.142. The molecular formula is C12H11Cl2NO2S. The van der Waals surface area contributed by atoms with E-state index in [0.29, 0.717) is 27.2 Å². The molecule has 0 spiro atoms. The van der Waals surface area contributed by atoms with E-state index in [0.717, 1.165) is 5.71 Å². The number of esters is 1. The topological polar surface area (TPSA) is 38.7 Å². The summed E-state index contributed by atoms with van der Waals surface area (Å²) >= 11 is 13.8. The molecule has 1 fully saturated rings. The summed E-state index contributed by atoms with van der Waals surface area (Å²) in [4.78, 5) is 16.0. The summed E-state index contributed by atoms with van der Waals surface area (Å²) < 4.78 is 4.76. The van der Waals surface area contributed by atoms with Crippen molar-refractivity contribution >= 4 is 52.3 Å². The van der Waals surface area contributed by atoms with Gasteiger partial charge in [-0.2, -0.15) is 11.8 Å². The molecule has 0 radical (unpaired) electrons. The number of ether oxygens (including phenoxy) is 1. The van der Waals surface area contributed by atoms with Crippen molar-refractivity contribution in [2.75, 3.05) is 18.6 Å². The molecule has 6 heteroatoms. The standard InChI is InChI=1S/C12H11Cl2NO2S/c1-17-12(16)7-5-18-6-10(7)15-11-8(13)3-2-4-9(11)14/h2-4,7H,5-6H2,1H3. The molecule has 1 heterocycles. The summed E-state index contributed by atoms with van der Waals surface area (Å²) in [7, 11) is 1.38. The first-order chi connectivity index (χ1) is 8.63. The number of para-hydroxylation sites is 1. The minimum Gasteiger partial charge on any atom is -0.468 e. The van der Waals surface area contributed by atoms with Crippen LogP contribution in [0, 0.1) is 5.92 Å². The van der Waals surface area contributed by atoms with Crippen LogP contribution in [0.3, 0.4) is 0 Å². The lowest BCUT2D eigenvalue weighted by atomic mass is 10.1. The fraction of sp³-hybridized carbons (Fsp3) is 0.333. The van der Waals surface area contributed by atoms with Crippen LogP contribution in [0.2, 0.25) is 10.0 Å². The van der Waals surface area contributed by atoms with Gasteiger partial charge in [-0.05, 0) is 12.1 Å². The van der Waals surface area contributed by atoms with Gasteiger partial charge in [0.25, 0.3) is 0 Å². The first-order valence-corrected chi connectivity index (χ1v) is 7.21. The molecule has 3 nitrogen and oxygen atoms in total. The molecular weight excluding hydrogens is 293 g/mol. The number of nitrogens with zero attached hydrogens (tertiary/aromatic N) is 1. The van der Waals surface area contributed by atoms with Gasteiger partial charge in [-0.25, -0.2) is 0 Å². The molecule has 0 bridgehead atoms. The van der Waals surface area contributed by atoms with Gasteiger partial charge in [-0.1, -0.05) is 29.3 Å². The molecule has 1 aliphatic heterocycles. The molecule has 1 aromatic carbocycles. The van der Waals surface area contributed by atoms with E-state index in [1.807, 2.05) is 0 Å². The Balaban J connectivity index is 2.35. The van der Waals surface area contributed by atoms with Crippen LogP contribution < -0.4 is 0 Å². The predicted octanol–water partition coefficient (Wildman–Crippen LogP) is 3.60. The molecule has 0 saturated carbocycles. The number of carbonyl (C=O) groups is 1. The Morgan fingerprint density at radius 3 is 2.72 bits per heavy atom. The Morgan fingerprint density at radius 1 is 1.44 bits per heavy atom. The number of hydrogen-bond donors (Lipinski definition) is 0. The maximum Gasteiger partial charge on any atom is 0.315 e. The van der Waals surface area contributed by atoms with Gasteiger partial charge in [0.1, 0.15) is 11.6 Å². The monoisotopic (exact) mass is 303 g/mol. The fourth-order valence-electron chi connectivity index (χ4n) is 1.67. The number of methoxy groups -OCH3 is 1. The minimum atomic E-state index is -0.299. The third-order valence-corrected chi connectivity index (χ3v) is 4.29. The molecule has 96 valence electrons. The highest BCUT2D eigenvalue weighted by molar-refractivity contribution is 8.00. The van der Waals surface area contributed by atoms with Crippen LogP contribution in [0.4, 0.5) is 5.69 Å². The second-order valence-corrected chi connectivity index (χ2v) is 5.61. The van der Waals surface area contributed by atoms with E-state index in [4.69, 9.17) is 27.9 Å². The Kier molecular flexibility index (Phi) is 4.54. The van der Waals surface area contributed by atoms with E-state index in [9.17, 15) is 4.79 Å². The first kappa shape index (κ1) is 13.7. The zero-order valence-corrected chi connectivity index (χ0v) is 12.0. The maximum atomic E-state index is 11.6. The van der Waals surface area contributed by atoms with Crippen molar-refractivity contribution in [1.82, 2.24) is 0 Å². The third-order valence-electron chi connectivity index (χ3n) is 2.62. The highest BCUT2D eigenvalue weighted by Crippen LogP contribution is 2.35. The van der Waals surface area contributed by atoms with Crippen molar-refractivity contribution in [3.63, 3.8) is 0 Å². The van der Waals surface area contributed by atoms with Gasteiger partial charge in [0.2, 0.25) is 0 Å². The average molecular weight is 304 g/mol. The van der Waals surface area contributed by atoms with E-state index in [2.05, 4.69) is 4.99 Å². The SMILES string of the molecule is COC(=O)C1CSCC1=Nc1c(Cl)cccc1Cl. The summed E-state index contributed by atoms with van der Waals surface area (Å²) in [5.41, 5.74) is 1.29. The lowest BCUT2D eigenvalue weighted by Crippen LogP contribution is -2.23. The largest absolute Gasteiger partial charge is 0.468 e. The number of halogens is 2. The summed E-state index contributed by atoms with van der Waals surface area (Å²) in [5.74, 6) is 0.823. The van der Waals surface area contributed by atoms with Crippen molar-refractivity contribution in [1.29, 1.82) is 0 Å². The highest BCUT2D eigenvalue weighted by atomic mass is 35.5. The van der Waals surface area contributed by atoms with Gasteiger partial charge in [0.15, 0.2) is 0 Å². The van der Waals surface area contributed by atoms with Gasteiger partial charge in [-0.15, -0.1) is 0 Å². The number of rotatable bonds is 2. The summed E-state index contributed by atoms with van der Waals surface area (Å²) in [6, 6.07) is 5.21. The van der Waals surface area contributed by atoms with E-state index in [1.165, 1.54) is 7.11 Å². The molecule has 1 aromatic rings. The Hall–Kier alpha value is -0.710. The Morgan fingerprint density at radius 2 is 2.11 bits per heavy atom. The van der Waals surface area contributed by atoms with Crippen LogP contribution in [-0.2, 0) is 9.53 Å². The van der Waals surface area contributed by atoms with Crippen molar-refractivity contribution in [2.24, 2.45) is 10.9 Å². The second-order valence-electron chi connectivity index (χ2n) is 3.76. The van der Waals surface area contributed by atoms with E-state index >= 15 is 0 Å². The molecule has 0 amide bonds. The molecule has 1 aliphatic rings. The summed E-state index contributed by atoms with van der Waals surface area (Å²) in [6.45, 7) is 0. The van der Waals surface area contributed by atoms with Crippen LogP contribution >= 0.6 is 35.0 Å². The molecule has 0 N–H and O–H groups in total. The van der Waals surface area contributed by atoms with Gasteiger partial charge in [0, 0.05) is 17.2 Å². The fourth-order valence-corrected chi connectivity index (χ4v) is 3.31. The van der Waals surface area contributed by atoms with Gasteiger partial charge >= 0.3 is 5.97 Å². The zero-order valence-electron chi connectivity index (χ0n) is 9.65. The number of benzene rings is 1. The minimum absolute atomic E-state index is 0.262. The quantitative estimate of drug-likeness (QED) is 0.784. The van der Waals surface area contributed by atoms with Crippen molar-refractivity contribution in [2.45, 2.75) is 0 Å². The predicted molar refractivity (Wildman–Crippen MR) is 76.4 cm³/mol. The molecule has 0 aromatic heterocycles. The number of aliphatic imine (C=N–C) groups is 1. The Bertz CT molecular complexity index is 485. The molecule has 18 heavy (non-hydrogen) atoms. The van der Waals surface area contributed by atoms with Crippen LogP contribution in [0.15, 0.2) is 23.2 Å². The highest BCUT2D eigenvalue weighted by Gasteiger charge is 2.31. The van der Waals surface area contributed by atoms with Crippen molar-refractivity contribution in [3.05, 3.63) is 28.2 Å². The normalized spacial score (nSPS) is 21.3. The lowest BCUT2D eigenvalue weighted by Gasteiger charge is -2.08. The van der Waals surface area contributed by atoms with E-state index < -0.39 is 0 Å². The Labute approximate surface area is 120 Å². The maximum absolute atomic E-state index is 11.6. The number of thioether (sulfide) groups is 1. The second kappa shape index (κ2) is 5.95. The smallest absolute Gasteiger partial charge is 0.315 e. The average Bonchev–Trinajstić information content (AvgIpc) is 2.81. The molecule has 0 aliphatic carbocycles. The third kappa shape index (κ3) is 2.82. The zero-order chi connectivity index (χ0) is 13.1. The van der Waals surface area contributed by atoms with E-state index in [1.54, 1.807) is 30.0 Å². The van der Waals surface area contributed by atoms with Crippen LogP contribution in [-0.4, -0.2) is 30.3 Å². The van der Waals surface area contributed by atoms with Crippen LogP contribution in [0.1, 0.15) is 0 Å². The number of hydrogen-bond acceptors (Lipinski definition) is 4. The van der Waals surface area contributed by atoms with Gasteiger partial charge in [0.05, 0.1) is 17.2 Å². The first-order valence-electron chi connectivity index (χ1n) is 5.30. The number of carbonyl (C=O) groups excluding carboxylic acids is 1. The van der Waals surface area contributed by atoms with Crippen molar-refractivity contribution < 1.29 is 9.53 Å².